The van der Waals surface area contributed by atoms with Crippen molar-refractivity contribution in [2.75, 3.05) is 6.54 Å². The molecule has 0 saturated carbocycles. The van der Waals surface area contributed by atoms with E-state index in [0.717, 1.165) is 17.7 Å². The van der Waals surface area contributed by atoms with Gasteiger partial charge in [0.15, 0.2) is 0 Å². The molecule has 2 N–H and O–H groups in total. The third-order valence-electron chi connectivity index (χ3n) is 5.97. The minimum absolute atomic E-state index is 0.0343. The first-order chi connectivity index (χ1) is 14.0. The van der Waals surface area contributed by atoms with Gasteiger partial charge in [-0.2, -0.15) is 5.10 Å². The third-order valence-corrected chi connectivity index (χ3v) is 6.20. The van der Waals surface area contributed by atoms with Crippen LogP contribution in [0.5, 0.6) is 0 Å². The summed E-state index contributed by atoms with van der Waals surface area (Å²) in [6.45, 7) is 5.23. The van der Waals surface area contributed by atoms with E-state index in [4.69, 9.17) is 11.6 Å². The van der Waals surface area contributed by atoms with Crippen molar-refractivity contribution in [3.8, 4) is 5.69 Å². The molecule has 3 heterocycles. The van der Waals surface area contributed by atoms with Gasteiger partial charge in [-0.1, -0.05) is 37.9 Å². The van der Waals surface area contributed by atoms with Crippen molar-refractivity contribution < 1.29 is 9.59 Å². The Morgan fingerprint density at radius 1 is 1.38 bits per heavy atom. The van der Waals surface area contributed by atoms with Gasteiger partial charge in [0.05, 0.1) is 11.9 Å². The Morgan fingerprint density at radius 3 is 2.97 bits per heavy atom. The maximum absolute atomic E-state index is 12.8. The van der Waals surface area contributed by atoms with Crippen LogP contribution in [0.2, 0.25) is 5.02 Å². The molecule has 0 aliphatic carbocycles. The first kappa shape index (κ1) is 19.9. The van der Waals surface area contributed by atoms with Crippen molar-refractivity contribution in [2.24, 2.45) is 5.92 Å². The molecule has 2 fully saturated rings. The number of benzene rings is 1. The molecule has 0 unspecified atom stereocenters. The highest BCUT2D eigenvalue weighted by molar-refractivity contribution is 6.30. The Morgan fingerprint density at radius 2 is 2.21 bits per heavy atom. The number of aromatic nitrogens is 2. The second-order valence-electron chi connectivity index (χ2n) is 7.96. The molecule has 2 aliphatic rings. The van der Waals surface area contributed by atoms with E-state index >= 15 is 0 Å². The normalized spacial score (nSPS) is 25.1. The van der Waals surface area contributed by atoms with Gasteiger partial charge in [-0.25, -0.2) is 4.68 Å². The van der Waals surface area contributed by atoms with Crippen LogP contribution in [0.15, 0.2) is 36.7 Å². The van der Waals surface area contributed by atoms with Crippen LogP contribution >= 0.6 is 11.6 Å². The standard InChI is InChI=1S/C21H26ClN5O2/c1-3-13(2)19-21(29)26-12-16(8-18(26)20(28)25-19)23-9-14-10-24-27(11-14)17-6-4-5-15(22)7-17/h4-7,10-11,13,16,18-19,23H,3,8-9,12H2,1-2H3,(H,25,28)/t13-,16-,18-,19-/m0/s1. The van der Waals surface area contributed by atoms with Gasteiger partial charge in [0, 0.05) is 35.9 Å². The van der Waals surface area contributed by atoms with Crippen molar-refractivity contribution in [3.63, 3.8) is 0 Å². The fourth-order valence-electron chi connectivity index (χ4n) is 4.06. The summed E-state index contributed by atoms with van der Waals surface area (Å²) in [4.78, 5) is 27.1. The molecule has 2 aromatic rings. The van der Waals surface area contributed by atoms with E-state index in [1.165, 1.54) is 0 Å². The highest BCUT2D eigenvalue weighted by Crippen LogP contribution is 2.26. The number of hydrogen-bond acceptors (Lipinski definition) is 4. The topological polar surface area (TPSA) is 79.3 Å². The smallest absolute Gasteiger partial charge is 0.246 e. The van der Waals surface area contributed by atoms with Crippen molar-refractivity contribution >= 4 is 23.4 Å². The second-order valence-corrected chi connectivity index (χ2v) is 8.40. The molecule has 2 saturated heterocycles. The maximum Gasteiger partial charge on any atom is 0.246 e. The molecule has 4 atom stereocenters. The van der Waals surface area contributed by atoms with Gasteiger partial charge in [0.1, 0.15) is 12.1 Å². The molecule has 4 rings (SSSR count). The van der Waals surface area contributed by atoms with E-state index in [-0.39, 0.29) is 29.8 Å². The minimum atomic E-state index is -0.404. The summed E-state index contributed by atoms with van der Waals surface area (Å²) in [5.41, 5.74) is 1.93. The molecule has 0 spiro atoms. The van der Waals surface area contributed by atoms with E-state index in [1.54, 1.807) is 9.58 Å². The predicted molar refractivity (Wildman–Crippen MR) is 111 cm³/mol. The summed E-state index contributed by atoms with van der Waals surface area (Å²) >= 11 is 6.05. The summed E-state index contributed by atoms with van der Waals surface area (Å²) in [5, 5.41) is 11.5. The summed E-state index contributed by atoms with van der Waals surface area (Å²) in [6, 6.07) is 6.84. The third kappa shape index (κ3) is 4.02. The lowest BCUT2D eigenvalue weighted by molar-refractivity contribution is -0.148. The van der Waals surface area contributed by atoms with Crippen molar-refractivity contribution in [3.05, 3.63) is 47.2 Å². The number of amides is 2. The van der Waals surface area contributed by atoms with Gasteiger partial charge >= 0.3 is 0 Å². The monoisotopic (exact) mass is 415 g/mol. The van der Waals surface area contributed by atoms with E-state index in [0.29, 0.717) is 24.5 Å². The number of nitrogens with zero attached hydrogens (tertiary/aromatic N) is 3. The SMILES string of the molecule is CC[C@H](C)[C@@H]1NC(=O)[C@@H]2C[C@H](NCc3cnn(-c4cccc(Cl)c4)c3)CN2C1=O. The second kappa shape index (κ2) is 8.16. The number of carbonyl (C=O) groups is 2. The molecule has 1 aromatic heterocycles. The van der Waals surface area contributed by atoms with Crippen molar-refractivity contribution in [1.29, 1.82) is 0 Å². The largest absolute Gasteiger partial charge is 0.342 e. The molecule has 8 heteroatoms. The van der Waals surface area contributed by atoms with Crippen LogP contribution in [-0.2, 0) is 16.1 Å². The number of nitrogens with one attached hydrogen (secondary N) is 2. The molecule has 7 nitrogen and oxygen atoms in total. The lowest BCUT2D eigenvalue weighted by atomic mass is 9.95. The average Bonchev–Trinajstić information content (AvgIpc) is 3.36. The fraction of sp³-hybridized carbons (Fsp3) is 0.476. The van der Waals surface area contributed by atoms with Crippen LogP contribution in [0.3, 0.4) is 0 Å². The maximum atomic E-state index is 12.8. The zero-order valence-corrected chi connectivity index (χ0v) is 17.4. The highest BCUT2D eigenvalue weighted by Gasteiger charge is 2.47. The van der Waals surface area contributed by atoms with Crippen LogP contribution in [-0.4, -0.2) is 51.2 Å². The van der Waals surface area contributed by atoms with E-state index in [9.17, 15) is 9.59 Å². The van der Waals surface area contributed by atoms with Gasteiger partial charge in [-0.3, -0.25) is 9.59 Å². The van der Waals surface area contributed by atoms with Crippen LogP contribution in [0.25, 0.3) is 5.69 Å². The number of rotatable bonds is 6. The first-order valence-electron chi connectivity index (χ1n) is 10.1. The van der Waals surface area contributed by atoms with Crippen LogP contribution < -0.4 is 10.6 Å². The lowest BCUT2D eigenvalue weighted by Crippen LogP contribution is -2.62. The minimum Gasteiger partial charge on any atom is -0.342 e. The van der Waals surface area contributed by atoms with Gasteiger partial charge in [0.25, 0.3) is 0 Å². The Kier molecular flexibility index (Phi) is 5.61. The number of hydrogen-bond donors (Lipinski definition) is 2. The first-order valence-corrected chi connectivity index (χ1v) is 10.5. The number of piperazine rings is 1. The van der Waals surface area contributed by atoms with Gasteiger partial charge in [-0.15, -0.1) is 0 Å². The summed E-state index contributed by atoms with van der Waals surface area (Å²) in [7, 11) is 0. The lowest BCUT2D eigenvalue weighted by Gasteiger charge is -2.36. The molecule has 2 amide bonds. The van der Waals surface area contributed by atoms with E-state index < -0.39 is 6.04 Å². The summed E-state index contributed by atoms with van der Waals surface area (Å²) in [5.74, 6) is 0.145. The summed E-state index contributed by atoms with van der Waals surface area (Å²) in [6.07, 6.45) is 5.26. The van der Waals surface area contributed by atoms with Gasteiger partial charge in [0.2, 0.25) is 11.8 Å². The molecule has 154 valence electrons. The van der Waals surface area contributed by atoms with E-state index in [1.807, 2.05) is 50.5 Å². The Bertz CT molecular complexity index is 914. The fourth-order valence-corrected chi connectivity index (χ4v) is 4.25. The Balaban J connectivity index is 1.37. The van der Waals surface area contributed by atoms with Crippen molar-refractivity contribution in [1.82, 2.24) is 25.3 Å². The van der Waals surface area contributed by atoms with E-state index in [2.05, 4.69) is 15.7 Å². The Labute approximate surface area is 175 Å². The molecule has 2 aliphatic heterocycles. The summed E-state index contributed by atoms with van der Waals surface area (Å²) < 4.78 is 1.79. The molecular formula is C21H26ClN5O2. The zero-order valence-electron chi connectivity index (χ0n) is 16.6. The molecule has 0 radical (unpaired) electrons. The van der Waals surface area contributed by atoms with Crippen molar-refractivity contribution in [2.45, 2.75) is 51.4 Å². The number of halogens is 1. The molecule has 0 bridgehead atoms. The zero-order chi connectivity index (χ0) is 20.5. The average molecular weight is 416 g/mol. The Hall–Kier alpha value is -2.38. The van der Waals surface area contributed by atoms with Crippen LogP contribution in [0, 0.1) is 5.92 Å². The quantitative estimate of drug-likeness (QED) is 0.757. The van der Waals surface area contributed by atoms with Crippen LogP contribution in [0.4, 0.5) is 0 Å². The van der Waals surface area contributed by atoms with Gasteiger partial charge < -0.3 is 15.5 Å². The molecular weight excluding hydrogens is 390 g/mol. The number of fused-ring (bicyclic) bond motifs is 1. The molecule has 29 heavy (non-hydrogen) atoms. The predicted octanol–water partition coefficient (Wildman–Crippen LogP) is 2.13. The van der Waals surface area contributed by atoms with Crippen LogP contribution in [0.1, 0.15) is 32.3 Å². The van der Waals surface area contributed by atoms with Gasteiger partial charge in [-0.05, 0) is 30.5 Å². The number of carbonyl (C=O) groups excluding carboxylic acids is 2. The molecule has 1 aromatic carbocycles. The highest BCUT2D eigenvalue weighted by atomic mass is 35.5.